The van der Waals surface area contributed by atoms with E-state index in [1.807, 2.05) is 12.1 Å². The number of hydrogen-bond acceptors (Lipinski definition) is 3. The Morgan fingerprint density at radius 1 is 1.44 bits per heavy atom. The van der Waals surface area contributed by atoms with Crippen molar-refractivity contribution in [1.82, 2.24) is 10.2 Å². The number of nitrogens with zero attached hydrogens (tertiary/aromatic N) is 1. The number of hydrogen-bond donors (Lipinski definition) is 1. The lowest BCUT2D eigenvalue weighted by molar-refractivity contribution is 0.169. The van der Waals surface area contributed by atoms with Crippen LogP contribution in [0, 0.1) is 5.92 Å². The molecule has 0 spiro atoms. The van der Waals surface area contributed by atoms with Gasteiger partial charge in [-0.15, -0.1) is 0 Å². The molecule has 0 aliphatic rings. The first kappa shape index (κ1) is 13.3. The molecule has 3 nitrogen and oxygen atoms in total. The molecule has 92 valence electrons. The number of nitrogens with one attached hydrogen (secondary N) is 1. The zero-order valence-corrected chi connectivity index (χ0v) is 10.9. The van der Waals surface area contributed by atoms with Crippen LogP contribution in [0.4, 0.5) is 0 Å². The van der Waals surface area contributed by atoms with E-state index < -0.39 is 0 Å². The predicted octanol–water partition coefficient (Wildman–Crippen LogP) is 2.35. The lowest BCUT2D eigenvalue weighted by Crippen LogP contribution is -2.43. The van der Waals surface area contributed by atoms with Crippen molar-refractivity contribution in [2.75, 3.05) is 20.1 Å². The van der Waals surface area contributed by atoms with E-state index >= 15 is 0 Å². The van der Waals surface area contributed by atoms with Crippen LogP contribution in [0.25, 0.3) is 0 Å². The predicted molar refractivity (Wildman–Crippen MR) is 67.3 cm³/mol. The van der Waals surface area contributed by atoms with Crippen LogP contribution in [0.1, 0.15) is 26.5 Å². The minimum Gasteiger partial charge on any atom is -0.468 e. The largest absolute Gasteiger partial charge is 0.468 e. The zero-order valence-electron chi connectivity index (χ0n) is 10.9. The lowest BCUT2D eigenvalue weighted by atomic mass is 10.0. The summed E-state index contributed by atoms with van der Waals surface area (Å²) in [6.45, 7) is 9.61. The third-order valence-corrected chi connectivity index (χ3v) is 2.92. The summed E-state index contributed by atoms with van der Waals surface area (Å²) in [5, 5.41) is 3.42. The molecule has 1 atom stereocenters. The molecule has 1 N–H and O–H groups in total. The molecule has 0 amide bonds. The van der Waals surface area contributed by atoms with Gasteiger partial charge in [0.1, 0.15) is 5.76 Å². The lowest BCUT2D eigenvalue weighted by Gasteiger charge is -2.30. The molecule has 0 saturated heterocycles. The van der Waals surface area contributed by atoms with Crippen LogP contribution in [-0.4, -0.2) is 31.1 Å². The van der Waals surface area contributed by atoms with Gasteiger partial charge in [-0.3, -0.25) is 4.90 Å². The number of likely N-dealkylation sites (N-methyl/N-ethyl adjacent to an activating group) is 2. The van der Waals surface area contributed by atoms with Crippen molar-refractivity contribution >= 4 is 0 Å². The van der Waals surface area contributed by atoms with Crippen LogP contribution < -0.4 is 5.32 Å². The van der Waals surface area contributed by atoms with Gasteiger partial charge in [0.2, 0.25) is 0 Å². The van der Waals surface area contributed by atoms with Crippen LogP contribution in [0.15, 0.2) is 22.8 Å². The second-order valence-electron chi connectivity index (χ2n) is 4.61. The highest BCUT2D eigenvalue weighted by Gasteiger charge is 2.18. The van der Waals surface area contributed by atoms with Gasteiger partial charge in [0.25, 0.3) is 0 Å². The molecule has 1 heterocycles. The maximum Gasteiger partial charge on any atom is 0.117 e. The first-order valence-electron chi connectivity index (χ1n) is 6.08. The SMILES string of the molecule is CCNCC(C(C)C)N(C)Cc1ccco1. The molecule has 1 rings (SSSR count). The van der Waals surface area contributed by atoms with Gasteiger partial charge >= 0.3 is 0 Å². The Labute approximate surface area is 98.8 Å². The summed E-state index contributed by atoms with van der Waals surface area (Å²) in [4.78, 5) is 2.35. The van der Waals surface area contributed by atoms with Gasteiger partial charge in [-0.1, -0.05) is 20.8 Å². The maximum atomic E-state index is 5.38. The fourth-order valence-corrected chi connectivity index (χ4v) is 1.96. The van der Waals surface area contributed by atoms with Crippen molar-refractivity contribution in [3.8, 4) is 0 Å². The minimum atomic E-state index is 0.546. The zero-order chi connectivity index (χ0) is 12.0. The number of furan rings is 1. The van der Waals surface area contributed by atoms with Crippen molar-refractivity contribution in [2.24, 2.45) is 5.92 Å². The molecule has 1 aromatic heterocycles. The average Bonchev–Trinajstić information content (AvgIpc) is 2.70. The highest BCUT2D eigenvalue weighted by atomic mass is 16.3. The smallest absolute Gasteiger partial charge is 0.117 e. The average molecular weight is 224 g/mol. The summed E-state index contributed by atoms with van der Waals surface area (Å²) in [6, 6.07) is 4.52. The highest BCUT2D eigenvalue weighted by Crippen LogP contribution is 2.12. The Morgan fingerprint density at radius 2 is 2.19 bits per heavy atom. The Bertz CT molecular complexity index is 269. The van der Waals surface area contributed by atoms with E-state index in [2.05, 4.69) is 38.0 Å². The molecule has 16 heavy (non-hydrogen) atoms. The van der Waals surface area contributed by atoms with Crippen molar-refractivity contribution < 1.29 is 4.42 Å². The molecule has 0 fully saturated rings. The molecular formula is C13H24N2O. The van der Waals surface area contributed by atoms with Crippen LogP contribution in [0.2, 0.25) is 0 Å². The fourth-order valence-electron chi connectivity index (χ4n) is 1.96. The van der Waals surface area contributed by atoms with E-state index in [-0.39, 0.29) is 0 Å². The van der Waals surface area contributed by atoms with Crippen LogP contribution in [0.3, 0.4) is 0 Å². The summed E-state index contributed by atoms with van der Waals surface area (Å²) in [5.74, 6) is 1.67. The van der Waals surface area contributed by atoms with Gasteiger partial charge in [-0.05, 0) is 31.6 Å². The summed E-state index contributed by atoms with van der Waals surface area (Å²) < 4.78 is 5.38. The molecule has 0 aromatic carbocycles. The minimum absolute atomic E-state index is 0.546. The Balaban J connectivity index is 2.49. The van der Waals surface area contributed by atoms with Crippen molar-refractivity contribution in [3.05, 3.63) is 24.2 Å². The molecule has 1 unspecified atom stereocenters. The third kappa shape index (κ3) is 3.99. The summed E-state index contributed by atoms with van der Waals surface area (Å²) in [7, 11) is 2.16. The van der Waals surface area contributed by atoms with E-state index in [1.54, 1.807) is 6.26 Å². The highest BCUT2D eigenvalue weighted by molar-refractivity contribution is 4.98. The molecule has 3 heteroatoms. The molecule has 0 saturated carbocycles. The molecule has 1 aromatic rings. The van der Waals surface area contributed by atoms with E-state index in [9.17, 15) is 0 Å². The van der Waals surface area contributed by atoms with Crippen molar-refractivity contribution in [3.63, 3.8) is 0 Å². The van der Waals surface area contributed by atoms with Crippen LogP contribution in [0.5, 0.6) is 0 Å². The van der Waals surface area contributed by atoms with Crippen LogP contribution >= 0.6 is 0 Å². The number of rotatable bonds is 7. The second-order valence-corrected chi connectivity index (χ2v) is 4.61. The van der Waals surface area contributed by atoms with Gasteiger partial charge in [0.15, 0.2) is 0 Å². The van der Waals surface area contributed by atoms with Gasteiger partial charge in [0.05, 0.1) is 12.8 Å². The second kappa shape index (κ2) is 6.71. The van der Waals surface area contributed by atoms with Crippen molar-refractivity contribution in [2.45, 2.75) is 33.4 Å². The molecule has 0 radical (unpaired) electrons. The first-order chi connectivity index (χ1) is 7.65. The molecule has 0 bridgehead atoms. The molecule has 0 aliphatic heterocycles. The van der Waals surface area contributed by atoms with Gasteiger partial charge in [0, 0.05) is 12.6 Å². The fraction of sp³-hybridized carbons (Fsp3) is 0.692. The quantitative estimate of drug-likeness (QED) is 0.770. The van der Waals surface area contributed by atoms with Crippen molar-refractivity contribution in [1.29, 1.82) is 0 Å². The normalized spacial score (nSPS) is 13.6. The summed E-state index contributed by atoms with van der Waals surface area (Å²) >= 11 is 0. The maximum absolute atomic E-state index is 5.38. The summed E-state index contributed by atoms with van der Waals surface area (Å²) in [6.07, 6.45) is 1.73. The van der Waals surface area contributed by atoms with E-state index in [0.29, 0.717) is 12.0 Å². The van der Waals surface area contributed by atoms with Gasteiger partial charge < -0.3 is 9.73 Å². The Hall–Kier alpha value is -0.800. The van der Waals surface area contributed by atoms with Crippen LogP contribution in [-0.2, 0) is 6.54 Å². The Morgan fingerprint density at radius 3 is 2.69 bits per heavy atom. The van der Waals surface area contributed by atoms with E-state index in [0.717, 1.165) is 25.4 Å². The monoisotopic (exact) mass is 224 g/mol. The van der Waals surface area contributed by atoms with Gasteiger partial charge in [-0.25, -0.2) is 0 Å². The molecule has 0 aliphatic carbocycles. The third-order valence-electron chi connectivity index (χ3n) is 2.92. The van der Waals surface area contributed by atoms with E-state index in [4.69, 9.17) is 4.42 Å². The van der Waals surface area contributed by atoms with Gasteiger partial charge in [-0.2, -0.15) is 0 Å². The Kier molecular flexibility index (Phi) is 5.56. The van der Waals surface area contributed by atoms with E-state index in [1.165, 1.54) is 0 Å². The summed E-state index contributed by atoms with van der Waals surface area (Å²) in [5.41, 5.74) is 0. The molecular weight excluding hydrogens is 200 g/mol. The topological polar surface area (TPSA) is 28.4 Å². The standard InChI is InChI=1S/C13H24N2O/c1-5-14-9-13(11(2)3)15(4)10-12-7-6-8-16-12/h6-8,11,13-14H,5,9-10H2,1-4H3. The first-order valence-corrected chi connectivity index (χ1v) is 6.08.